The molecule has 20 heavy (non-hydrogen) atoms. The number of nitrogens with one attached hydrogen (secondary N) is 2. The van der Waals surface area contributed by atoms with Gasteiger partial charge in [0.25, 0.3) is 11.8 Å². The van der Waals surface area contributed by atoms with Gasteiger partial charge in [-0.1, -0.05) is 6.07 Å². The predicted octanol–water partition coefficient (Wildman–Crippen LogP) is 1.88. The third-order valence-corrected chi connectivity index (χ3v) is 2.78. The van der Waals surface area contributed by atoms with E-state index in [4.69, 9.17) is 5.73 Å². The maximum atomic E-state index is 12.0. The van der Waals surface area contributed by atoms with Crippen molar-refractivity contribution in [2.24, 2.45) is 0 Å². The molecular formula is C15H15N3O2. The number of carbonyl (C=O) groups is 2. The molecule has 102 valence electrons. The first-order chi connectivity index (χ1) is 9.60. The molecule has 0 aliphatic rings. The van der Waals surface area contributed by atoms with Crippen molar-refractivity contribution in [1.29, 1.82) is 0 Å². The molecule has 0 saturated heterocycles. The zero-order valence-corrected chi connectivity index (χ0v) is 11.0. The van der Waals surface area contributed by atoms with E-state index in [-0.39, 0.29) is 11.8 Å². The number of benzene rings is 2. The van der Waals surface area contributed by atoms with Gasteiger partial charge in [-0.2, -0.15) is 0 Å². The molecule has 4 N–H and O–H groups in total. The number of carbonyl (C=O) groups excluding carboxylic acids is 2. The number of anilines is 2. The van der Waals surface area contributed by atoms with Gasteiger partial charge in [-0.3, -0.25) is 9.59 Å². The van der Waals surface area contributed by atoms with Crippen LogP contribution in [0.4, 0.5) is 11.4 Å². The standard InChI is InChI=1S/C15H15N3O2/c1-17-14(19)11-3-2-4-13(9-11)18-15(20)10-5-7-12(16)8-6-10/h2-9H,16H2,1H3,(H,17,19)(H,18,20). The number of hydrogen-bond donors (Lipinski definition) is 3. The average molecular weight is 269 g/mol. The van der Waals surface area contributed by atoms with Crippen molar-refractivity contribution >= 4 is 23.2 Å². The van der Waals surface area contributed by atoms with E-state index in [0.717, 1.165) is 0 Å². The molecule has 0 fully saturated rings. The van der Waals surface area contributed by atoms with Gasteiger partial charge in [0.15, 0.2) is 0 Å². The van der Waals surface area contributed by atoms with Crippen LogP contribution in [0.5, 0.6) is 0 Å². The summed E-state index contributed by atoms with van der Waals surface area (Å²) in [4.78, 5) is 23.5. The van der Waals surface area contributed by atoms with Gasteiger partial charge in [-0.05, 0) is 42.5 Å². The quantitative estimate of drug-likeness (QED) is 0.744. The average Bonchev–Trinajstić information content (AvgIpc) is 2.47. The topological polar surface area (TPSA) is 84.2 Å². The number of nitrogens with two attached hydrogens (primary N) is 1. The maximum Gasteiger partial charge on any atom is 0.255 e. The Morgan fingerprint density at radius 1 is 0.950 bits per heavy atom. The third-order valence-electron chi connectivity index (χ3n) is 2.78. The van der Waals surface area contributed by atoms with E-state index >= 15 is 0 Å². The SMILES string of the molecule is CNC(=O)c1cccc(NC(=O)c2ccc(N)cc2)c1. The second-order valence-corrected chi connectivity index (χ2v) is 4.24. The van der Waals surface area contributed by atoms with Crippen LogP contribution in [0, 0.1) is 0 Å². The highest BCUT2D eigenvalue weighted by Crippen LogP contribution is 2.13. The highest BCUT2D eigenvalue weighted by atomic mass is 16.2. The molecule has 0 heterocycles. The van der Waals surface area contributed by atoms with Crippen molar-refractivity contribution in [3.05, 3.63) is 59.7 Å². The van der Waals surface area contributed by atoms with Gasteiger partial charge < -0.3 is 16.4 Å². The highest BCUT2D eigenvalue weighted by molar-refractivity contribution is 6.05. The molecule has 0 aliphatic carbocycles. The summed E-state index contributed by atoms with van der Waals surface area (Å²) in [6.07, 6.45) is 0. The molecule has 5 heteroatoms. The number of hydrogen-bond acceptors (Lipinski definition) is 3. The van der Waals surface area contributed by atoms with Gasteiger partial charge in [-0.15, -0.1) is 0 Å². The molecule has 0 aromatic heterocycles. The molecule has 2 aromatic rings. The van der Waals surface area contributed by atoms with Crippen LogP contribution < -0.4 is 16.4 Å². The van der Waals surface area contributed by atoms with Crippen molar-refractivity contribution in [3.63, 3.8) is 0 Å². The van der Waals surface area contributed by atoms with Crippen LogP contribution in [0.2, 0.25) is 0 Å². The minimum absolute atomic E-state index is 0.200. The molecule has 0 unspecified atom stereocenters. The fourth-order valence-electron chi connectivity index (χ4n) is 1.72. The van der Waals surface area contributed by atoms with Crippen molar-refractivity contribution in [2.75, 3.05) is 18.1 Å². The van der Waals surface area contributed by atoms with Gasteiger partial charge in [-0.25, -0.2) is 0 Å². The molecular weight excluding hydrogens is 254 g/mol. The number of rotatable bonds is 3. The Labute approximate surface area is 116 Å². The Morgan fingerprint density at radius 2 is 1.65 bits per heavy atom. The molecule has 2 amide bonds. The van der Waals surface area contributed by atoms with Crippen LogP contribution in [0.15, 0.2) is 48.5 Å². The summed E-state index contributed by atoms with van der Waals surface area (Å²) in [7, 11) is 1.56. The molecule has 0 spiro atoms. The minimum Gasteiger partial charge on any atom is -0.399 e. The van der Waals surface area contributed by atoms with Gasteiger partial charge in [0, 0.05) is 29.5 Å². The molecule has 2 rings (SSSR count). The van der Waals surface area contributed by atoms with Gasteiger partial charge in [0.1, 0.15) is 0 Å². The van der Waals surface area contributed by atoms with Crippen LogP contribution in [0.25, 0.3) is 0 Å². The van der Waals surface area contributed by atoms with E-state index in [9.17, 15) is 9.59 Å². The zero-order valence-electron chi connectivity index (χ0n) is 11.0. The lowest BCUT2D eigenvalue weighted by Gasteiger charge is -2.07. The second kappa shape index (κ2) is 5.88. The fraction of sp³-hybridized carbons (Fsp3) is 0.0667. The van der Waals surface area contributed by atoms with E-state index in [1.165, 1.54) is 0 Å². The summed E-state index contributed by atoms with van der Waals surface area (Å²) in [5.41, 5.74) is 7.73. The summed E-state index contributed by atoms with van der Waals surface area (Å²) in [5.74, 6) is -0.451. The summed E-state index contributed by atoms with van der Waals surface area (Å²) in [6.45, 7) is 0. The summed E-state index contributed by atoms with van der Waals surface area (Å²) >= 11 is 0. The van der Waals surface area contributed by atoms with E-state index in [0.29, 0.717) is 22.5 Å². The molecule has 0 radical (unpaired) electrons. The van der Waals surface area contributed by atoms with E-state index in [1.807, 2.05) is 0 Å². The Bertz CT molecular complexity index is 636. The van der Waals surface area contributed by atoms with E-state index < -0.39 is 0 Å². The Morgan fingerprint density at radius 3 is 2.30 bits per heavy atom. The first-order valence-corrected chi connectivity index (χ1v) is 6.09. The predicted molar refractivity (Wildman–Crippen MR) is 78.6 cm³/mol. The van der Waals surface area contributed by atoms with Gasteiger partial charge >= 0.3 is 0 Å². The van der Waals surface area contributed by atoms with Crippen LogP contribution >= 0.6 is 0 Å². The van der Waals surface area contributed by atoms with Gasteiger partial charge in [0.05, 0.1) is 0 Å². The Hall–Kier alpha value is -2.82. The van der Waals surface area contributed by atoms with Crippen molar-refractivity contribution in [2.45, 2.75) is 0 Å². The number of amides is 2. The maximum absolute atomic E-state index is 12.0. The molecule has 0 bridgehead atoms. The lowest BCUT2D eigenvalue weighted by molar-refractivity contribution is 0.0961. The molecule has 2 aromatic carbocycles. The Balaban J connectivity index is 2.15. The summed E-state index contributed by atoms with van der Waals surface area (Å²) in [5, 5.41) is 5.27. The van der Waals surface area contributed by atoms with Crippen molar-refractivity contribution in [3.8, 4) is 0 Å². The van der Waals surface area contributed by atoms with Crippen LogP contribution in [0.1, 0.15) is 20.7 Å². The molecule has 0 atom stereocenters. The van der Waals surface area contributed by atoms with Crippen molar-refractivity contribution in [1.82, 2.24) is 5.32 Å². The monoisotopic (exact) mass is 269 g/mol. The number of nitrogen functional groups attached to an aromatic ring is 1. The minimum atomic E-state index is -0.251. The molecule has 0 aliphatic heterocycles. The van der Waals surface area contributed by atoms with E-state index in [1.54, 1.807) is 55.6 Å². The second-order valence-electron chi connectivity index (χ2n) is 4.24. The third kappa shape index (κ3) is 3.14. The zero-order chi connectivity index (χ0) is 14.5. The Kier molecular flexibility index (Phi) is 4.00. The van der Waals surface area contributed by atoms with Crippen LogP contribution in [-0.4, -0.2) is 18.9 Å². The largest absolute Gasteiger partial charge is 0.399 e. The molecule has 5 nitrogen and oxygen atoms in total. The van der Waals surface area contributed by atoms with Crippen LogP contribution in [0.3, 0.4) is 0 Å². The fourth-order valence-corrected chi connectivity index (χ4v) is 1.72. The lowest BCUT2D eigenvalue weighted by atomic mass is 10.1. The highest BCUT2D eigenvalue weighted by Gasteiger charge is 2.08. The lowest BCUT2D eigenvalue weighted by Crippen LogP contribution is -2.18. The normalized spacial score (nSPS) is 9.85. The smallest absolute Gasteiger partial charge is 0.255 e. The first-order valence-electron chi connectivity index (χ1n) is 6.09. The first kappa shape index (κ1) is 13.6. The summed E-state index contributed by atoms with van der Waals surface area (Å²) in [6, 6.07) is 13.4. The summed E-state index contributed by atoms with van der Waals surface area (Å²) < 4.78 is 0. The molecule has 0 saturated carbocycles. The van der Waals surface area contributed by atoms with Gasteiger partial charge in [0.2, 0.25) is 0 Å². The van der Waals surface area contributed by atoms with Crippen molar-refractivity contribution < 1.29 is 9.59 Å². The van der Waals surface area contributed by atoms with Crippen LogP contribution in [-0.2, 0) is 0 Å². The van der Waals surface area contributed by atoms with E-state index in [2.05, 4.69) is 10.6 Å².